The van der Waals surface area contributed by atoms with E-state index in [1.54, 1.807) is 12.1 Å². The van der Waals surface area contributed by atoms with Crippen LogP contribution in [0, 0.1) is 17.7 Å². The number of hydrogen-bond acceptors (Lipinski definition) is 1. The van der Waals surface area contributed by atoms with Crippen LogP contribution in [-0.4, -0.2) is 12.6 Å². The summed E-state index contributed by atoms with van der Waals surface area (Å²) in [6, 6.07) is 5.55. The summed E-state index contributed by atoms with van der Waals surface area (Å²) in [7, 11) is 0. The van der Waals surface area contributed by atoms with Crippen LogP contribution < -0.4 is 5.32 Å². The van der Waals surface area contributed by atoms with Crippen molar-refractivity contribution in [1.82, 2.24) is 5.32 Å². The zero-order valence-corrected chi connectivity index (χ0v) is 12.5. The minimum absolute atomic E-state index is 0.135. The Morgan fingerprint density at radius 3 is 2.74 bits per heavy atom. The fraction of sp³-hybridized carbons (Fsp3) is 0.625. The van der Waals surface area contributed by atoms with Gasteiger partial charge in [0, 0.05) is 11.1 Å². The van der Waals surface area contributed by atoms with E-state index in [1.165, 1.54) is 18.9 Å². The molecule has 1 nitrogen and oxygen atoms in total. The first kappa shape index (κ1) is 14.8. The van der Waals surface area contributed by atoms with Crippen LogP contribution in [0.2, 0.25) is 5.02 Å². The second kappa shape index (κ2) is 6.71. The Balaban J connectivity index is 1.97. The Labute approximate surface area is 120 Å². The van der Waals surface area contributed by atoms with Crippen LogP contribution in [0.15, 0.2) is 18.2 Å². The molecule has 1 saturated carbocycles. The zero-order valence-electron chi connectivity index (χ0n) is 11.8. The van der Waals surface area contributed by atoms with Crippen LogP contribution in [-0.2, 0) is 6.42 Å². The molecule has 0 amide bonds. The fourth-order valence-electron chi connectivity index (χ4n) is 2.54. The second-order valence-electron chi connectivity index (χ2n) is 6.12. The van der Waals surface area contributed by atoms with E-state index in [0.717, 1.165) is 24.9 Å². The Hall–Kier alpha value is -0.600. The molecule has 1 aromatic rings. The molecule has 0 radical (unpaired) electrons. The van der Waals surface area contributed by atoms with E-state index in [-0.39, 0.29) is 5.82 Å². The fourth-order valence-corrected chi connectivity index (χ4v) is 2.73. The molecule has 2 rings (SSSR count). The topological polar surface area (TPSA) is 12.0 Å². The van der Waals surface area contributed by atoms with Gasteiger partial charge in [0.05, 0.1) is 0 Å². The molecular weight excluding hydrogens is 261 g/mol. The Morgan fingerprint density at radius 1 is 1.37 bits per heavy atom. The van der Waals surface area contributed by atoms with Gasteiger partial charge >= 0.3 is 0 Å². The smallest absolute Gasteiger partial charge is 0.126 e. The van der Waals surface area contributed by atoms with Gasteiger partial charge < -0.3 is 5.32 Å². The highest BCUT2D eigenvalue weighted by Gasteiger charge is 2.22. The molecule has 0 spiro atoms. The molecule has 0 aromatic heterocycles. The summed E-state index contributed by atoms with van der Waals surface area (Å²) >= 11 is 5.96. The van der Waals surface area contributed by atoms with E-state index in [9.17, 15) is 4.39 Å². The highest BCUT2D eigenvalue weighted by molar-refractivity contribution is 6.30. The summed E-state index contributed by atoms with van der Waals surface area (Å²) in [5.41, 5.74) is 0.746. The molecule has 1 aromatic carbocycles. The molecule has 0 aliphatic heterocycles. The number of benzene rings is 1. The minimum Gasteiger partial charge on any atom is -0.314 e. The first-order chi connectivity index (χ1) is 9.04. The summed E-state index contributed by atoms with van der Waals surface area (Å²) in [6.45, 7) is 5.42. The van der Waals surface area contributed by atoms with Gasteiger partial charge in [0.25, 0.3) is 0 Å². The van der Waals surface area contributed by atoms with E-state index < -0.39 is 0 Å². The average molecular weight is 284 g/mol. The lowest BCUT2D eigenvalue weighted by molar-refractivity contribution is 0.379. The predicted octanol–water partition coefficient (Wildman–Crippen LogP) is 4.44. The molecular formula is C16H23ClFN. The average Bonchev–Trinajstić information content (AvgIpc) is 3.14. The maximum absolute atomic E-state index is 13.8. The van der Waals surface area contributed by atoms with Gasteiger partial charge in [0.15, 0.2) is 0 Å². The molecule has 1 atom stereocenters. The lowest BCUT2D eigenvalue weighted by Crippen LogP contribution is -2.27. The summed E-state index contributed by atoms with van der Waals surface area (Å²) in [5.74, 6) is 0.978. The van der Waals surface area contributed by atoms with Gasteiger partial charge in [-0.1, -0.05) is 25.4 Å². The van der Waals surface area contributed by atoms with E-state index >= 15 is 0 Å². The molecule has 19 heavy (non-hydrogen) atoms. The first-order valence-corrected chi connectivity index (χ1v) is 7.59. The molecule has 106 valence electrons. The van der Waals surface area contributed by atoms with Gasteiger partial charge in [-0.15, -0.1) is 0 Å². The van der Waals surface area contributed by atoms with Gasteiger partial charge in [-0.25, -0.2) is 4.39 Å². The predicted molar refractivity (Wildman–Crippen MR) is 79.1 cm³/mol. The highest BCUT2D eigenvalue weighted by atomic mass is 35.5. The Bertz CT molecular complexity index is 415. The Kier molecular flexibility index (Phi) is 5.23. The largest absolute Gasteiger partial charge is 0.314 e. The second-order valence-corrected chi connectivity index (χ2v) is 6.55. The van der Waals surface area contributed by atoms with Gasteiger partial charge in [-0.3, -0.25) is 0 Å². The van der Waals surface area contributed by atoms with Crippen LogP contribution >= 0.6 is 11.6 Å². The molecule has 3 heteroatoms. The van der Waals surface area contributed by atoms with Gasteiger partial charge in [-0.2, -0.15) is 0 Å². The van der Waals surface area contributed by atoms with Crippen molar-refractivity contribution in [3.63, 3.8) is 0 Å². The van der Waals surface area contributed by atoms with Crippen LogP contribution in [0.1, 0.15) is 38.7 Å². The quantitative estimate of drug-likeness (QED) is 0.780. The zero-order chi connectivity index (χ0) is 13.8. The summed E-state index contributed by atoms with van der Waals surface area (Å²) in [4.78, 5) is 0. The van der Waals surface area contributed by atoms with Crippen LogP contribution in [0.5, 0.6) is 0 Å². The molecule has 1 unspecified atom stereocenters. The molecule has 0 saturated heterocycles. The first-order valence-electron chi connectivity index (χ1n) is 7.22. The summed E-state index contributed by atoms with van der Waals surface area (Å²) < 4.78 is 13.8. The van der Waals surface area contributed by atoms with Gasteiger partial charge in [-0.05, 0) is 67.8 Å². The third-order valence-corrected chi connectivity index (χ3v) is 3.83. The molecule has 0 bridgehead atoms. The summed E-state index contributed by atoms with van der Waals surface area (Å²) in [5, 5.41) is 4.18. The number of hydrogen-bond donors (Lipinski definition) is 1. The number of nitrogens with one attached hydrogen (secondary N) is 1. The standard InChI is InChI=1S/C16H23ClFN/c1-11(2)7-12(10-19-15-4-5-15)8-13-9-14(17)3-6-16(13)18/h3,6,9,11-12,15,19H,4-5,7-8,10H2,1-2H3. The highest BCUT2D eigenvalue weighted by Crippen LogP contribution is 2.24. The normalized spacial score (nSPS) is 16.9. The van der Waals surface area contributed by atoms with E-state index in [4.69, 9.17) is 11.6 Å². The SMILES string of the molecule is CC(C)CC(CNC1CC1)Cc1cc(Cl)ccc1F. The maximum Gasteiger partial charge on any atom is 0.126 e. The van der Waals surface area contributed by atoms with Crippen molar-refractivity contribution in [3.8, 4) is 0 Å². The minimum atomic E-state index is -0.135. The van der Waals surface area contributed by atoms with Gasteiger partial charge in [0.2, 0.25) is 0 Å². The third kappa shape index (κ3) is 5.12. The van der Waals surface area contributed by atoms with Crippen molar-refractivity contribution in [1.29, 1.82) is 0 Å². The summed E-state index contributed by atoms with van der Waals surface area (Å²) in [6.07, 6.45) is 4.47. The lowest BCUT2D eigenvalue weighted by Gasteiger charge is -2.20. The van der Waals surface area contributed by atoms with Crippen molar-refractivity contribution < 1.29 is 4.39 Å². The van der Waals surface area contributed by atoms with Crippen molar-refractivity contribution in [3.05, 3.63) is 34.6 Å². The number of rotatable bonds is 7. The van der Waals surface area contributed by atoms with Crippen LogP contribution in [0.4, 0.5) is 4.39 Å². The van der Waals surface area contributed by atoms with Gasteiger partial charge in [0.1, 0.15) is 5.82 Å². The molecule has 1 aliphatic carbocycles. The monoisotopic (exact) mass is 283 g/mol. The molecule has 1 N–H and O–H groups in total. The van der Waals surface area contributed by atoms with Crippen molar-refractivity contribution >= 4 is 11.6 Å². The third-order valence-electron chi connectivity index (χ3n) is 3.59. The lowest BCUT2D eigenvalue weighted by atomic mass is 9.90. The van der Waals surface area contributed by atoms with Crippen molar-refractivity contribution in [2.24, 2.45) is 11.8 Å². The van der Waals surface area contributed by atoms with E-state index in [0.29, 0.717) is 22.9 Å². The van der Waals surface area contributed by atoms with Crippen LogP contribution in [0.25, 0.3) is 0 Å². The van der Waals surface area contributed by atoms with E-state index in [1.807, 2.05) is 0 Å². The van der Waals surface area contributed by atoms with Crippen molar-refractivity contribution in [2.45, 2.75) is 45.6 Å². The molecule has 1 fully saturated rings. The van der Waals surface area contributed by atoms with Crippen LogP contribution in [0.3, 0.4) is 0 Å². The van der Waals surface area contributed by atoms with E-state index in [2.05, 4.69) is 19.2 Å². The van der Waals surface area contributed by atoms with Crippen molar-refractivity contribution in [2.75, 3.05) is 6.54 Å². The Morgan fingerprint density at radius 2 is 2.11 bits per heavy atom. The molecule has 0 heterocycles. The molecule has 1 aliphatic rings. The number of halogens is 2. The maximum atomic E-state index is 13.8.